The Balaban J connectivity index is 2.11. The van der Waals surface area contributed by atoms with E-state index in [0.29, 0.717) is 0 Å². The zero-order valence-corrected chi connectivity index (χ0v) is 14.2. The zero-order chi connectivity index (χ0) is 15.2. The monoisotopic (exact) mass is 369 g/mol. The SMILES string of the molecule is CCNC(Cc1cccc(Cl)c1)Cc1ccc(F)cc1Br. The van der Waals surface area contributed by atoms with E-state index in [1.807, 2.05) is 24.3 Å². The van der Waals surface area contributed by atoms with Gasteiger partial charge in [-0.05, 0) is 54.8 Å². The first-order valence-corrected chi connectivity index (χ1v) is 8.17. The maximum Gasteiger partial charge on any atom is 0.124 e. The number of nitrogens with one attached hydrogen (secondary N) is 1. The van der Waals surface area contributed by atoms with Crippen LogP contribution in [0.15, 0.2) is 46.9 Å². The molecule has 2 aromatic carbocycles. The maximum absolute atomic E-state index is 13.2. The number of hydrogen-bond donors (Lipinski definition) is 1. The van der Waals surface area contributed by atoms with Gasteiger partial charge in [0.25, 0.3) is 0 Å². The molecule has 2 aromatic rings. The number of rotatable bonds is 6. The lowest BCUT2D eigenvalue weighted by atomic mass is 9.99. The summed E-state index contributed by atoms with van der Waals surface area (Å²) in [6.45, 7) is 2.98. The van der Waals surface area contributed by atoms with E-state index in [9.17, 15) is 4.39 Å². The van der Waals surface area contributed by atoms with Gasteiger partial charge in [0.05, 0.1) is 0 Å². The summed E-state index contributed by atoms with van der Waals surface area (Å²) in [5.74, 6) is -0.222. The first kappa shape index (κ1) is 16.5. The topological polar surface area (TPSA) is 12.0 Å². The summed E-state index contributed by atoms with van der Waals surface area (Å²) >= 11 is 9.47. The van der Waals surface area contributed by atoms with Crippen molar-refractivity contribution in [3.8, 4) is 0 Å². The van der Waals surface area contributed by atoms with Crippen molar-refractivity contribution in [1.29, 1.82) is 0 Å². The van der Waals surface area contributed by atoms with Crippen molar-refractivity contribution >= 4 is 27.5 Å². The van der Waals surface area contributed by atoms with Crippen molar-refractivity contribution in [3.63, 3.8) is 0 Å². The Morgan fingerprint density at radius 3 is 2.67 bits per heavy atom. The van der Waals surface area contributed by atoms with Crippen molar-refractivity contribution < 1.29 is 4.39 Å². The van der Waals surface area contributed by atoms with Crippen LogP contribution in [0.5, 0.6) is 0 Å². The van der Waals surface area contributed by atoms with E-state index >= 15 is 0 Å². The average Bonchev–Trinajstić information content (AvgIpc) is 2.42. The summed E-state index contributed by atoms with van der Waals surface area (Å²) in [4.78, 5) is 0. The summed E-state index contributed by atoms with van der Waals surface area (Å²) in [7, 11) is 0. The van der Waals surface area contributed by atoms with Gasteiger partial charge in [-0.3, -0.25) is 0 Å². The maximum atomic E-state index is 13.2. The molecule has 0 aromatic heterocycles. The van der Waals surface area contributed by atoms with Crippen molar-refractivity contribution in [3.05, 3.63) is 68.9 Å². The van der Waals surface area contributed by atoms with Crippen molar-refractivity contribution in [2.24, 2.45) is 0 Å². The van der Waals surface area contributed by atoms with Crippen LogP contribution in [0.4, 0.5) is 4.39 Å². The summed E-state index contributed by atoms with van der Waals surface area (Å²) in [6.07, 6.45) is 1.72. The molecule has 0 bridgehead atoms. The van der Waals surface area contributed by atoms with Crippen LogP contribution in [0.3, 0.4) is 0 Å². The van der Waals surface area contributed by atoms with Crippen LogP contribution in [0.1, 0.15) is 18.1 Å². The first-order chi connectivity index (χ1) is 10.1. The smallest absolute Gasteiger partial charge is 0.124 e. The average molecular weight is 371 g/mol. The van der Waals surface area contributed by atoms with Crippen LogP contribution in [-0.2, 0) is 12.8 Å². The van der Waals surface area contributed by atoms with Crippen molar-refractivity contribution in [1.82, 2.24) is 5.32 Å². The molecule has 1 unspecified atom stereocenters. The van der Waals surface area contributed by atoms with Gasteiger partial charge in [0.1, 0.15) is 5.82 Å². The van der Waals surface area contributed by atoms with Gasteiger partial charge in [0.2, 0.25) is 0 Å². The van der Waals surface area contributed by atoms with E-state index in [4.69, 9.17) is 11.6 Å². The summed E-state index contributed by atoms with van der Waals surface area (Å²) in [5, 5.41) is 4.24. The van der Waals surface area contributed by atoms with Gasteiger partial charge in [0.15, 0.2) is 0 Å². The lowest BCUT2D eigenvalue weighted by molar-refractivity contribution is 0.520. The molecule has 0 heterocycles. The fourth-order valence-electron chi connectivity index (χ4n) is 2.41. The first-order valence-electron chi connectivity index (χ1n) is 7.00. The van der Waals surface area contributed by atoms with Crippen molar-refractivity contribution in [2.75, 3.05) is 6.54 Å². The number of likely N-dealkylation sites (N-methyl/N-ethyl adjacent to an activating group) is 1. The molecule has 2 rings (SSSR count). The van der Waals surface area contributed by atoms with Gasteiger partial charge in [-0.25, -0.2) is 4.39 Å². The highest BCUT2D eigenvalue weighted by atomic mass is 79.9. The van der Waals surface area contributed by atoms with Gasteiger partial charge in [-0.15, -0.1) is 0 Å². The molecule has 1 N–H and O–H groups in total. The van der Waals surface area contributed by atoms with E-state index in [1.165, 1.54) is 17.7 Å². The predicted molar refractivity (Wildman–Crippen MR) is 90.4 cm³/mol. The van der Waals surface area contributed by atoms with Crippen molar-refractivity contribution in [2.45, 2.75) is 25.8 Å². The number of benzene rings is 2. The highest BCUT2D eigenvalue weighted by molar-refractivity contribution is 9.10. The minimum atomic E-state index is -0.222. The van der Waals surface area contributed by atoms with E-state index < -0.39 is 0 Å². The molecule has 1 atom stereocenters. The molecule has 0 fully saturated rings. The minimum Gasteiger partial charge on any atom is -0.314 e. The largest absolute Gasteiger partial charge is 0.314 e. The molecule has 4 heteroatoms. The summed E-state index contributed by atoms with van der Waals surface area (Å²) < 4.78 is 14.0. The van der Waals surface area contributed by atoms with Crippen LogP contribution < -0.4 is 5.32 Å². The van der Waals surface area contributed by atoms with E-state index in [0.717, 1.165) is 34.4 Å². The quantitative estimate of drug-likeness (QED) is 0.754. The Hall–Kier alpha value is -0.900. The summed E-state index contributed by atoms with van der Waals surface area (Å²) in [5.41, 5.74) is 2.30. The molecule has 0 spiro atoms. The van der Waals surface area contributed by atoms with E-state index in [2.05, 4.69) is 34.2 Å². The van der Waals surface area contributed by atoms with Crippen LogP contribution in [0, 0.1) is 5.82 Å². The molecule has 0 saturated heterocycles. The minimum absolute atomic E-state index is 0.222. The van der Waals surface area contributed by atoms with Crippen LogP contribution in [0.2, 0.25) is 5.02 Å². The molecule has 0 aliphatic rings. The molecule has 0 aliphatic heterocycles. The van der Waals surface area contributed by atoms with E-state index in [-0.39, 0.29) is 11.9 Å². The third kappa shape index (κ3) is 5.10. The van der Waals surface area contributed by atoms with Crippen LogP contribution >= 0.6 is 27.5 Å². The molecule has 0 saturated carbocycles. The second-order valence-electron chi connectivity index (χ2n) is 5.03. The highest BCUT2D eigenvalue weighted by Gasteiger charge is 2.12. The van der Waals surface area contributed by atoms with Gasteiger partial charge < -0.3 is 5.32 Å². The Bertz CT molecular complexity index is 603. The lowest BCUT2D eigenvalue weighted by Crippen LogP contribution is -2.33. The van der Waals surface area contributed by atoms with Crippen LogP contribution in [0.25, 0.3) is 0 Å². The molecule has 21 heavy (non-hydrogen) atoms. The molecule has 0 aliphatic carbocycles. The van der Waals surface area contributed by atoms with Gasteiger partial charge >= 0.3 is 0 Å². The fourth-order valence-corrected chi connectivity index (χ4v) is 3.13. The van der Waals surface area contributed by atoms with Gasteiger partial charge in [-0.2, -0.15) is 0 Å². The third-order valence-corrected chi connectivity index (χ3v) is 4.32. The Kier molecular flexibility index (Phi) is 6.22. The third-order valence-electron chi connectivity index (χ3n) is 3.35. The molecular weight excluding hydrogens is 353 g/mol. The normalized spacial score (nSPS) is 12.4. The van der Waals surface area contributed by atoms with Gasteiger partial charge in [-0.1, -0.05) is 52.7 Å². The molecule has 1 nitrogen and oxygen atoms in total. The zero-order valence-electron chi connectivity index (χ0n) is 11.9. The van der Waals surface area contributed by atoms with Gasteiger partial charge in [0, 0.05) is 15.5 Å². The van der Waals surface area contributed by atoms with E-state index in [1.54, 1.807) is 0 Å². The number of hydrogen-bond acceptors (Lipinski definition) is 1. The highest BCUT2D eigenvalue weighted by Crippen LogP contribution is 2.21. The molecule has 0 amide bonds. The summed E-state index contributed by atoms with van der Waals surface area (Å²) in [6, 6.07) is 13.1. The Morgan fingerprint density at radius 1 is 1.19 bits per heavy atom. The molecule has 0 radical (unpaired) electrons. The Morgan fingerprint density at radius 2 is 2.00 bits per heavy atom. The predicted octanol–water partition coefficient (Wildman–Crippen LogP) is 5.00. The molecular formula is C17H18BrClFN. The second kappa shape index (κ2) is 7.92. The fraction of sp³-hybridized carbons (Fsp3) is 0.294. The lowest BCUT2D eigenvalue weighted by Gasteiger charge is -2.19. The number of halogens is 3. The van der Waals surface area contributed by atoms with Crippen LogP contribution in [-0.4, -0.2) is 12.6 Å². The molecule has 112 valence electrons. The standard InChI is InChI=1S/C17H18BrClFN/c1-2-21-16(9-12-4-3-5-14(19)8-12)10-13-6-7-15(20)11-17(13)18/h3-8,11,16,21H,2,9-10H2,1H3. The Labute approximate surface area is 138 Å². The second-order valence-corrected chi connectivity index (χ2v) is 6.32.